The number of amides is 3. The molecular weight excluding hydrogens is 463 g/mol. The molecule has 162 valence electrons. The molecule has 0 saturated carbocycles. The molecule has 1 heterocycles. The molecule has 1 saturated heterocycles. The van der Waals surface area contributed by atoms with Crippen molar-refractivity contribution in [3.8, 4) is 11.5 Å². The number of thioether (sulfide) groups is 1. The van der Waals surface area contributed by atoms with Gasteiger partial charge in [-0.1, -0.05) is 35.3 Å². The Hall–Kier alpha value is -2.68. The van der Waals surface area contributed by atoms with E-state index in [1.165, 1.54) is 0 Å². The smallest absolute Gasteiger partial charge is 0.293 e. The fraction of sp³-hybridized carbons (Fsp3) is 0.190. The van der Waals surface area contributed by atoms with Gasteiger partial charge in [-0.2, -0.15) is 0 Å². The summed E-state index contributed by atoms with van der Waals surface area (Å²) in [6, 6.07) is 9.83. The second-order valence-electron chi connectivity index (χ2n) is 6.40. The Morgan fingerprint density at radius 2 is 1.90 bits per heavy atom. The number of nitrogens with two attached hydrogens (primary N) is 1. The lowest BCUT2D eigenvalue weighted by molar-refractivity contribution is -0.123. The van der Waals surface area contributed by atoms with E-state index in [1.807, 2.05) is 0 Å². The van der Waals surface area contributed by atoms with Crippen molar-refractivity contribution in [1.29, 1.82) is 0 Å². The largest absolute Gasteiger partial charge is 0.490 e. The van der Waals surface area contributed by atoms with Crippen LogP contribution in [0.3, 0.4) is 0 Å². The third-order valence-electron chi connectivity index (χ3n) is 4.15. The van der Waals surface area contributed by atoms with E-state index >= 15 is 0 Å². The van der Waals surface area contributed by atoms with Crippen LogP contribution in [0.15, 0.2) is 41.3 Å². The summed E-state index contributed by atoms with van der Waals surface area (Å²) in [6.45, 7) is 1.93. The maximum absolute atomic E-state index is 12.8. The van der Waals surface area contributed by atoms with E-state index < -0.39 is 17.1 Å². The van der Waals surface area contributed by atoms with Crippen molar-refractivity contribution < 1.29 is 23.9 Å². The topological polar surface area (TPSA) is 98.9 Å². The first kappa shape index (κ1) is 23.0. The minimum atomic E-state index is -0.610. The molecule has 0 unspecified atom stereocenters. The number of carbonyl (C=O) groups is 3. The van der Waals surface area contributed by atoms with Crippen LogP contribution in [0.4, 0.5) is 4.79 Å². The van der Waals surface area contributed by atoms with Gasteiger partial charge < -0.3 is 15.2 Å². The molecule has 0 spiro atoms. The molecule has 31 heavy (non-hydrogen) atoms. The maximum Gasteiger partial charge on any atom is 0.293 e. The van der Waals surface area contributed by atoms with Crippen LogP contribution in [0, 0.1) is 0 Å². The monoisotopic (exact) mass is 480 g/mol. The average Bonchev–Trinajstić information content (AvgIpc) is 2.96. The Labute approximate surface area is 193 Å². The summed E-state index contributed by atoms with van der Waals surface area (Å²) in [6.07, 6.45) is 1.59. The summed E-state index contributed by atoms with van der Waals surface area (Å²) < 4.78 is 10.9. The zero-order valence-electron chi connectivity index (χ0n) is 16.4. The number of carbonyl (C=O) groups excluding carboxylic acids is 3. The lowest BCUT2D eigenvalue weighted by Crippen LogP contribution is -2.27. The van der Waals surface area contributed by atoms with Crippen molar-refractivity contribution in [3.05, 3.63) is 62.5 Å². The lowest BCUT2D eigenvalue weighted by Gasteiger charge is -2.14. The molecule has 0 atom stereocenters. The predicted molar refractivity (Wildman–Crippen MR) is 120 cm³/mol. The molecule has 3 rings (SSSR count). The van der Waals surface area contributed by atoms with Crippen LogP contribution in [-0.2, 0) is 16.1 Å². The van der Waals surface area contributed by atoms with E-state index in [9.17, 15) is 14.4 Å². The highest BCUT2D eigenvalue weighted by molar-refractivity contribution is 8.18. The fourth-order valence-corrected chi connectivity index (χ4v) is 4.07. The Balaban J connectivity index is 1.81. The van der Waals surface area contributed by atoms with Gasteiger partial charge in [0.15, 0.2) is 18.1 Å². The van der Waals surface area contributed by atoms with E-state index in [1.54, 1.807) is 49.4 Å². The lowest BCUT2D eigenvalue weighted by atomic mass is 10.1. The molecule has 2 N–H and O–H groups in total. The van der Waals surface area contributed by atoms with Crippen molar-refractivity contribution in [2.75, 3.05) is 13.2 Å². The van der Waals surface area contributed by atoms with Gasteiger partial charge in [0.25, 0.3) is 17.1 Å². The van der Waals surface area contributed by atoms with Crippen LogP contribution in [0.25, 0.3) is 6.08 Å². The van der Waals surface area contributed by atoms with Crippen molar-refractivity contribution in [2.45, 2.75) is 13.5 Å². The SMILES string of the molecule is CCOc1cc(/C=C2\SC(=O)N(Cc3ccc(Cl)cc3Cl)C2=O)ccc1OCC(N)=O. The third kappa shape index (κ3) is 5.72. The summed E-state index contributed by atoms with van der Waals surface area (Å²) in [4.78, 5) is 37.6. The summed E-state index contributed by atoms with van der Waals surface area (Å²) in [5.41, 5.74) is 6.35. The predicted octanol–water partition coefficient (Wildman–Crippen LogP) is 4.49. The number of imide groups is 1. The molecule has 2 aromatic rings. The first-order chi connectivity index (χ1) is 14.8. The standard InChI is InChI=1S/C21H18Cl2N2O5S/c1-2-29-17-7-12(3-6-16(17)30-11-19(24)26)8-18-20(27)25(21(28)31-18)10-13-4-5-14(22)9-15(13)23/h3-9H,2,10-11H2,1H3,(H2,24,26)/b18-8-. The first-order valence-electron chi connectivity index (χ1n) is 9.15. The minimum Gasteiger partial charge on any atom is -0.490 e. The van der Waals surface area contributed by atoms with Crippen molar-refractivity contribution >= 4 is 58.1 Å². The normalized spacial score (nSPS) is 14.9. The molecule has 7 nitrogen and oxygen atoms in total. The molecule has 1 aliphatic rings. The number of benzene rings is 2. The van der Waals surface area contributed by atoms with Gasteiger partial charge >= 0.3 is 0 Å². The van der Waals surface area contributed by atoms with Gasteiger partial charge in [-0.05, 0) is 60.2 Å². The first-order valence-corrected chi connectivity index (χ1v) is 10.7. The highest BCUT2D eigenvalue weighted by Crippen LogP contribution is 2.36. The molecule has 0 bridgehead atoms. The van der Waals surface area contributed by atoms with Gasteiger partial charge in [-0.15, -0.1) is 0 Å². The summed E-state index contributed by atoms with van der Waals surface area (Å²) in [7, 11) is 0. The number of rotatable bonds is 8. The van der Waals surface area contributed by atoms with Gasteiger partial charge in [0.2, 0.25) is 0 Å². The van der Waals surface area contributed by atoms with Gasteiger partial charge in [0.05, 0.1) is 18.1 Å². The highest BCUT2D eigenvalue weighted by Gasteiger charge is 2.35. The molecule has 1 fully saturated rings. The van der Waals surface area contributed by atoms with Gasteiger partial charge in [-0.3, -0.25) is 19.3 Å². The van der Waals surface area contributed by atoms with Crippen molar-refractivity contribution in [2.24, 2.45) is 5.73 Å². The fourth-order valence-electron chi connectivity index (χ4n) is 2.76. The summed E-state index contributed by atoms with van der Waals surface area (Å²) in [5.74, 6) is -0.290. The molecule has 2 aromatic carbocycles. The van der Waals surface area contributed by atoms with Crippen LogP contribution in [0.5, 0.6) is 11.5 Å². The summed E-state index contributed by atoms with van der Waals surface area (Å²) >= 11 is 12.9. The van der Waals surface area contributed by atoms with Gasteiger partial charge in [0.1, 0.15) is 0 Å². The zero-order valence-corrected chi connectivity index (χ0v) is 18.7. The number of ether oxygens (including phenoxy) is 2. The Kier molecular flexibility index (Phi) is 7.48. The molecular formula is C21H18Cl2N2O5S. The molecule has 1 aliphatic heterocycles. The summed E-state index contributed by atoms with van der Waals surface area (Å²) in [5, 5.41) is 0.452. The van der Waals surface area contributed by atoms with Crippen LogP contribution in [0.1, 0.15) is 18.1 Å². The average molecular weight is 481 g/mol. The number of halogens is 2. The quantitative estimate of drug-likeness (QED) is 0.558. The van der Waals surface area contributed by atoms with Gasteiger partial charge in [0, 0.05) is 10.0 Å². The van der Waals surface area contributed by atoms with Crippen LogP contribution < -0.4 is 15.2 Å². The number of primary amides is 1. The van der Waals surface area contributed by atoms with E-state index in [0.717, 1.165) is 16.7 Å². The van der Waals surface area contributed by atoms with E-state index in [-0.39, 0.29) is 18.1 Å². The third-order valence-corrected chi connectivity index (χ3v) is 5.65. The Morgan fingerprint density at radius 3 is 2.58 bits per heavy atom. The second kappa shape index (κ2) is 10.1. The maximum atomic E-state index is 12.8. The Bertz CT molecular complexity index is 1070. The molecule has 0 radical (unpaired) electrons. The number of hydrogen-bond donors (Lipinski definition) is 1. The van der Waals surface area contributed by atoms with Crippen molar-refractivity contribution in [1.82, 2.24) is 4.90 Å². The second-order valence-corrected chi connectivity index (χ2v) is 8.23. The number of nitrogens with zero attached hydrogens (tertiary/aromatic N) is 1. The van der Waals surface area contributed by atoms with Crippen LogP contribution >= 0.6 is 35.0 Å². The van der Waals surface area contributed by atoms with Crippen molar-refractivity contribution in [3.63, 3.8) is 0 Å². The highest BCUT2D eigenvalue weighted by atomic mass is 35.5. The molecule has 3 amide bonds. The van der Waals surface area contributed by atoms with Crippen LogP contribution in [0.2, 0.25) is 10.0 Å². The minimum absolute atomic E-state index is 0.0437. The molecule has 10 heteroatoms. The number of hydrogen-bond acceptors (Lipinski definition) is 6. The van der Waals surface area contributed by atoms with E-state index in [2.05, 4.69) is 0 Å². The molecule has 0 aromatic heterocycles. The van der Waals surface area contributed by atoms with Gasteiger partial charge in [-0.25, -0.2) is 0 Å². The van der Waals surface area contributed by atoms with E-state index in [0.29, 0.717) is 39.3 Å². The molecule has 0 aliphatic carbocycles. The van der Waals surface area contributed by atoms with Crippen LogP contribution in [-0.4, -0.2) is 35.2 Å². The Morgan fingerprint density at radius 1 is 1.13 bits per heavy atom. The zero-order chi connectivity index (χ0) is 22.5. The van der Waals surface area contributed by atoms with E-state index in [4.69, 9.17) is 38.4 Å².